The number of halogens is 1. The Morgan fingerprint density at radius 2 is 2.08 bits per heavy atom. The lowest BCUT2D eigenvalue weighted by molar-refractivity contribution is -0.138. The lowest BCUT2D eigenvalue weighted by atomic mass is 10.1. The third-order valence-corrected chi connectivity index (χ3v) is 4.08. The van der Waals surface area contributed by atoms with Crippen LogP contribution in [0.5, 0.6) is 0 Å². The fourth-order valence-electron chi connectivity index (χ4n) is 2.70. The van der Waals surface area contributed by atoms with Crippen molar-refractivity contribution in [2.45, 2.75) is 12.5 Å². The quantitative estimate of drug-likeness (QED) is 0.847. The molecule has 6 nitrogen and oxygen atoms in total. The molecular formula is C18H21FN4O2. The van der Waals surface area contributed by atoms with E-state index < -0.39 is 0 Å². The van der Waals surface area contributed by atoms with Gasteiger partial charge in [0.15, 0.2) is 0 Å². The molecule has 1 aliphatic heterocycles. The third-order valence-electron chi connectivity index (χ3n) is 4.08. The van der Waals surface area contributed by atoms with Crippen molar-refractivity contribution in [2.24, 2.45) is 0 Å². The van der Waals surface area contributed by atoms with Gasteiger partial charge in [0.1, 0.15) is 11.9 Å². The molecule has 1 aromatic heterocycles. The van der Waals surface area contributed by atoms with E-state index in [1.807, 2.05) is 25.1 Å². The monoisotopic (exact) mass is 344 g/mol. The number of aromatic nitrogens is 2. The number of benzene rings is 1. The number of ether oxygens (including phenoxy) is 1. The highest BCUT2D eigenvalue weighted by molar-refractivity contribution is 5.78. The molecule has 0 aliphatic carbocycles. The van der Waals surface area contributed by atoms with E-state index in [0.717, 1.165) is 11.3 Å². The van der Waals surface area contributed by atoms with Gasteiger partial charge in [-0.2, -0.15) is 0 Å². The number of hydrogen-bond acceptors (Lipinski definition) is 5. The molecular weight excluding hydrogens is 323 g/mol. The van der Waals surface area contributed by atoms with Crippen LogP contribution in [0.25, 0.3) is 0 Å². The van der Waals surface area contributed by atoms with Crippen molar-refractivity contribution in [2.75, 3.05) is 38.7 Å². The van der Waals surface area contributed by atoms with Crippen molar-refractivity contribution < 1.29 is 13.9 Å². The normalized spacial score (nSPS) is 17.4. The molecule has 1 saturated heterocycles. The Labute approximate surface area is 146 Å². The van der Waals surface area contributed by atoms with E-state index in [2.05, 4.69) is 9.97 Å². The number of anilines is 1. The van der Waals surface area contributed by atoms with Crippen molar-refractivity contribution in [3.63, 3.8) is 0 Å². The summed E-state index contributed by atoms with van der Waals surface area (Å²) in [5.74, 6) is 0.306. The summed E-state index contributed by atoms with van der Waals surface area (Å²) in [6.45, 7) is 1.45. The van der Waals surface area contributed by atoms with Crippen LogP contribution in [0.2, 0.25) is 0 Å². The van der Waals surface area contributed by atoms with Crippen LogP contribution in [0.1, 0.15) is 17.4 Å². The minimum absolute atomic E-state index is 0.00166. The number of amides is 1. The third kappa shape index (κ3) is 4.30. The Balaban J connectivity index is 1.67. The van der Waals surface area contributed by atoms with Gasteiger partial charge in [0, 0.05) is 26.8 Å². The van der Waals surface area contributed by atoms with Gasteiger partial charge in [-0.3, -0.25) is 4.79 Å². The molecule has 2 aromatic rings. The summed E-state index contributed by atoms with van der Waals surface area (Å²) in [5.41, 5.74) is 1.56. The van der Waals surface area contributed by atoms with Gasteiger partial charge in [-0.1, -0.05) is 12.1 Å². The number of rotatable bonds is 4. The largest absolute Gasteiger partial charge is 0.368 e. The summed E-state index contributed by atoms with van der Waals surface area (Å²) in [5, 5.41) is 0. The van der Waals surface area contributed by atoms with Gasteiger partial charge in [0.2, 0.25) is 11.9 Å². The molecule has 0 spiro atoms. The molecule has 0 radical (unpaired) electrons. The van der Waals surface area contributed by atoms with E-state index in [-0.39, 0.29) is 24.2 Å². The van der Waals surface area contributed by atoms with Crippen LogP contribution in [-0.4, -0.2) is 54.6 Å². The number of carbonyl (C=O) groups excluding carboxylic acids is 1. The average molecular weight is 344 g/mol. The van der Waals surface area contributed by atoms with Crippen molar-refractivity contribution in [3.8, 4) is 0 Å². The van der Waals surface area contributed by atoms with Crippen LogP contribution in [0.3, 0.4) is 0 Å². The molecule has 7 heteroatoms. The summed E-state index contributed by atoms with van der Waals surface area (Å²) in [4.78, 5) is 24.8. The first-order valence-corrected chi connectivity index (χ1v) is 8.17. The Morgan fingerprint density at radius 3 is 2.80 bits per heavy atom. The molecule has 3 rings (SSSR count). The van der Waals surface area contributed by atoms with E-state index in [4.69, 9.17) is 4.74 Å². The van der Waals surface area contributed by atoms with Crippen LogP contribution >= 0.6 is 0 Å². The molecule has 1 aliphatic rings. The predicted molar refractivity (Wildman–Crippen MR) is 91.7 cm³/mol. The Hall–Kier alpha value is -2.54. The standard InChI is InChI=1S/C18H21FN4O2/c1-22(2)18-20-8-7-15(21-18)16-12-23(9-10-25-16)17(24)11-13-3-5-14(19)6-4-13/h3-8,16H,9-12H2,1-2H3. The van der Waals surface area contributed by atoms with Gasteiger partial charge < -0.3 is 14.5 Å². The fraction of sp³-hybridized carbons (Fsp3) is 0.389. The number of morpholine rings is 1. The maximum Gasteiger partial charge on any atom is 0.227 e. The van der Waals surface area contributed by atoms with E-state index in [1.54, 1.807) is 23.2 Å². The van der Waals surface area contributed by atoms with Crippen LogP contribution in [-0.2, 0) is 16.0 Å². The number of nitrogens with zero attached hydrogens (tertiary/aromatic N) is 4. The van der Waals surface area contributed by atoms with Gasteiger partial charge in [0.25, 0.3) is 0 Å². The Bertz CT molecular complexity index is 736. The van der Waals surface area contributed by atoms with Crippen LogP contribution in [0.4, 0.5) is 10.3 Å². The second kappa shape index (κ2) is 7.57. The van der Waals surface area contributed by atoms with Gasteiger partial charge >= 0.3 is 0 Å². The maximum atomic E-state index is 13.0. The number of carbonyl (C=O) groups is 1. The predicted octanol–water partition coefficient (Wildman–Crippen LogP) is 1.82. The Morgan fingerprint density at radius 1 is 1.32 bits per heavy atom. The number of hydrogen-bond donors (Lipinski definition) is 0. The first kappa shape index (κ1) is 17.3. The van der Waals surface area contributed by atoms with Gasteiger partial charge in [-0.25, -0.2) is 14.4 Å². The lowest BCUT2D eigenvalue weighted by Crippen LogP contribution is -2.43. The highest BCUT2D eigenvalue weighted by atomic mass is 19.1. The topological polar surface area (TPSA) is 58.6 Å². The summed E-state index contributed by atoms with van der Waals surface area (Å²) in [7, 11) is 3.75. The molecule has 0 bridgehead atoms. The zero-order valence-electron chi connectivity index (χ0n) is 14.4. The zero-order chi connectivity index (χ0) is 17.8. The molecule has 1 atom stereocenters. The lowest BCUT2D eigenvalue weighted by Gasteiger charge is -2.33. The molecule has 132 valence electrons. The molecule has 1 fully saturated rings. The first-order valence-electron chi connectivity index (χ1n) is 8.17. The average Bonchev–Trinajstić information content (AvgIpc) is 2.64. The zero-order valence-corrected chi connectivity index (χ0v) is 14.4. The van der Waals surface area contributed by atoms with Crippen molar-refractivity contribution >= 4 is 11.9 Å². The fourth-order valence-corrected chi connectivity index (χ4v) is 2.70. The molecule has 1 unspecified atom stereocenters. The second-order valence-electron chi connectivity index (χ2n) is 6.18. The van der Waals surface area contributed by atoms with Crippen molar-refractivity contribution in [1.29, 1.82) is 0 Å². The summed E-state index contributed by atoms with van der Waals surface area (Å²) in [6.07, 6.45) is 1.67. The molecule has 2 heterocycles. The first-order chi connectivity index (χ1) is 12.0. The van der Waals surface area contributed by atoms with Crippen LogP contribution in [0.15, 0.2) is 36.5 Å². The van der Waals surface area contributed by atoms with E-state index in [0.29, 0.717) is 25.6 Å². The van der Waals surface area contributed by atoms with Crippen molar-refractivity contribution in [1.82, 2.24) is 14.9 Å². The molecule has 0 N–H and O–H groups in total. The van der Waals surface area contributed by atoms with Crippen LogP contribution < -0.4 is 4.90 Å². The maximum absolute atomic E-state index is 13.0. The molecule has 0 saturated carbocycles. The van der Waals surface area contributed by atoms with Crippen molar-refractivity contribution in [3.05, 3.63) is 53.6 Å². The van der Waals surface area contributed by atoms with Crippen LogP contribution in [0, 0.1) is 5.82 Å². The molecule has 25 heavy (non-hydrogen) atoms. The minimum atomic E-state index is -0.303. The highest BCUT2D eigenvalue weighted by Gasteiger charge is 2.26. The second-order valence-corrected chi connectivity index (χ2v) is 6.18. The summed E-state index contributed by atoms with van der Waals surface area (Å²) in [6, 6.07) is 7.83. The van der Waals surface area contributed by atoms with Gasteiger partial charge in [-0.15, -0.1) is 0 Å². The van der Waals surface area contributed by atoms with Gasteiger partial charge in [-0.05, 0) is 23.8 Å². The SMILES string of the molecule is CN(C)c1nccc(C2CN(C(=O)Cc3ccc(F)cc3)CCO2)n1. The molecule has 1 amide bonds. The van der Waals surface area contributed by atoms with E-state index in [9.17, 15) is 9.18 Å². The molecule has 1 aromatic carbocycles. The van der Waals surface area contributed by atoms with Gasteiger partial charge in [0.05, 0.1) is 25.3 Å². The summed E-state index contributed by atoms with van der Waals surface area (Å²) >= 11 is 0. The minimum Gasteiger partial charge on any atom is -0.368 e. The van der Waals surface area contributed by atoms with E-state index in [1.165, 1.54) is 12.1 Å². The Kier molecular flexibility index (Phi) is 5.23. The van der Waals surface area contributed by atoms with E-state index >= 15 is 0 Å². The smallest absolute Gasteiger partial charge is 0.227 e. The summed E-state index contributed by atoms with van der Waals surface area (Å²) < 4.78 is 18.8. The highest BCUT2D eigenvalue weighted by Crippen LogP contribution is 2.22.